The van der Waals surface area contributed by atoms with Crippen molar-refractivity contribution in [1.29, 1.82) is 0 Å². The fourth-order valence-electron chi connectivity index (χ4n) is 1.93. The van der Waals surface area contributed by atoms with Gasteiger partial charge in [0.25, 0.3) is 0 Å². The first-order chi connectivity index (χ1) is 11.0. The minimum absolute atomic E-state index is 0.461. The van der Waals surface area contributed by atoms with Gasteiger partial charge in [-0.2, -0.15) is 17.9 Å². The molecular formula is C14H12F4N2O3S. The maximum atomic E-state index is 13.2. The van der Waals surface area contributed by atoms with Crippen LogP contribution in [-0.4, -0.2) is 19.2 Å². The van der Waals surface area contributed by atoms with Gasteiger partial charge in [0.2, 0.25) is 15.6 Å². The van der Waals surface area contributed by atoms with Gasteiger partial charge in [0.1, 0.15) is 11.9 Å². The minimum atomic E-state index is -4.94. The molecule has 0 unspecified atom stereocenters. The molecule has 0 aliphatic heterocycles. The predicted octanol–water partition coefficient (Wildman–Crippen LogP) is 2.11. The molecule has 0 amide bonds. The second-order valence-electron chi connectivity index (χ2n) is 4.96. The molecule has 2 rings (SSSR count). The summed E-state index contributed by atoms with van der Waals surface area (Å²) >= 11 is 0. The van der Waals surface area contributed by atoms with Gasteiger partial charge in [-0.05, 0) is 23.8 Å². The number of alkyl halides is 3. The number of nitrogens with one attached hydrogen (secondary N) is 1. The second-order valence-corrected chi connectivity index (χ2v) is 6.68. The summed E-state index contributed by atoms with van der Waals surface area (Å²) in [6.45, 7) is 0. The van der Waals surface area contributed by atoms with Crippen LogP contribution in [0.1, 0.15) is 11.6 Å². The summed E-state index contributed by atoms with van der Waals surface area (Å²) in [5.74, 6) is -0.749. The molecule has 130 valence electrons. The van der Waals surface area contributed by atoms with E-state index in [2.05, 4.69) is 0 Å². The van der Waals surface area contributed by atoms with Gasteiger partial charge in [-0.15, -0.1) is 0 Å². The Morgan fingerprint density at radius 2 is 1.67 bits per heavy atom. The number of nitrogens with zero attached hydrogens (tertiary/aromatic N) is 1. The highest BCUT2D eigenvalue weighted by Gasteiger charge is 2.43. The van der Waals surface area contributed by atoms with E-state index in [9.17, 15) is 30.8 Å². The Kier molecular flexibility index (Phi) is 4.81. The number of benzene rings is 1. The molecule has 0 fully saturated rings. The minimum Gasteiger partial charge on any atom is -0.317 e. The van der Waals surface area contributed by atoms with E-state index in [1.54, 1.807) is 4.72 Å². The highest BCUT2D eigenvalue weighted by atomic mass is 32.2. The van der Waals surface area contributed by atoms with Gasteiger partial charge in [-0.25, -0.2) is 12.8 Å². The standard InChI is InChI=1S/C14H12F4N2O3S/c1-20-8-11(6-7-12(20)21)24(22,23)19-13(14(16,17)18)9-2-4-10(15)5-3-9/h2-8,13,19H,1H3/t13-/m0/s1. The van der Waals surface area contributed by atoms with Crippen molar-refractivity contribution in [2.45, 2.75) is 17.1 Å². The van der Waals surface area contributed by atoms with Gasteiger partial charge >= 0.3 is 6.18 Å². The van der Waals surface area contributed by atoms with Crippen molar-refractivity contribution in [3.8, 4) is 0 Å². The van der Waals surface area contributed by atoms with Gasteiger partial charge in [0, 0.05) is 19.3 Å². The average molecular weight is 364 g/mol. The number of pyridine rings is 1. The zero-order valence-electron chi connectivity index (χ0n) is 12.2. The lowest BCUT2D eigenvalue weighted by atomic mass is 10.1. The molecule has 0 bridgehead atoms. The first-order valence-corrected chi connectivity index (χ1v) is 8.00. The third-order valence-corrected chi connectivity index (χ3v) is 4.58. The highest BCUT2D eigenvalue weighted by molar-refractivity contribution is 7.89. The summed E-state index contributed by atoms with van der Waals surface area (Å²) in [5.41, 5.74) is -0.975. The molecule has 0 radical (unpaired) electrons. The summed E-state index contributed by atoms with van der Waals surface area (Å²) in [7, 11) is -3.30. The molecule has 0 spiro atoms. The quantitative estimate of drug-likeness (QED) is 0.845. The van der Waals surface area contributed by atoms with Crippen molar-refractivity contribution in [3.63, 3.8) is 0 Å². The number of halogens is 4. The maximum absolute atomic E-state index is 13.2. The monoisotopic (exact) mass is 364 g/mol. The largest absolute Gasteiger partial charge is 0.408 e. The molecule has 1 N–H and O–H groups in total. The third kappa shape index (κ3) is 4.01. The zero-order chi connectivity index (χ0) is 18.1. The van der Waals surface area contributed by atoms with Gasteiger partial charge in [-0.3, -0.25) is 4.79 Å². The predicted molar refractivity (Wildman–Crippen MR) is 77.2 cm³/mol. The molecule has 10 heteroatoms. The number of hydrogen-bond acceptors (Lipinski definition) is 3. The first kappa shape index (κ1) is 18.1. The second kappa shape index (κ2) is 6.36. The summed E-state index contributed by atoms with van der Waals surface area (Å²) in [5, 5.41) is 0. The average Bonchev–Trinajstić information content (AvgIpc) is 2.47. The Morgan fingerprint density at radius 3 is 2.17 bits per heavy atom. The lowest BCUT2D eigenvalue weighted by Gasteiger charge is -2.22. The van der Waals surface area contributed by atoms with E-state index in [1.165, 1.54) is 7.05 Å². The van der Waals surface area contributed by atoms with Crippen LogP contribution < -0.4 is 10.3 Å². The molecule has 0 saturated heterocycles. The van der Waals surface area contributed by atoms with Crippen molar-refractivity contribution < 1.29 is 26.0 Å². The zero-order valence-corrected chi connectivity index (χ0v) is 13.0. The Hall–Kier alpha value is -2.20. The lowest BCUT2D eigenvalue weighted by Crippen LogP contribution is -2.38. The van der Waals surface area contributed by atoms with Crippen molar-refractivity contribution in [3.05, 3.63) is 64.3 Å². The van der Waals surface area contributed by atoms with E-state index in [1.807, 2.05) is 0 Å². The van der Waals surface area contributed by atoms with E-state index < -0.39 is 44.1 Å². The fraction of sp³-hybridized carbons (Fsp3) is 0.214. The van der Waals surface area contributed by atoms with Crippen LogP contribution in [0, 0.1) is 5.82 Å². The summed E-state index contributed by atoms with van der Waals surface area (Å²) < 4.78 is 79.4. The van der Waals surface area contributed by atoms with E-state index in [-0.39, 0.29) is 0 Å². The number of hydrogen-bond donors (Lipinski definition) is 1. The topological polar surface area (TPSA) is 68.2 Å². The molecule has 0 aliphatic carbocycles. The lowest BCUT2D eigenvalue weighted by molar-refractivity contribution is -0.153. The molecule has 1 atom stereocenters. The van der Waals surface area contributed by atoms with Crippen molar-refractivity contribution in [2.75, 3.05) is 0 Å². The Balaban J connectivity index is 2.43. The summed E-state index contributed by atoms with van der Waals surface area (Å²) in [6.07, 6.45) is -4.03. The Morgan fingerprint density at radius 1 is 1.08 bits per heavy atom. The van der Waals surface area contributed by atoms with Crippen LogP contribution in [0.2, 0.25) is 0 Å². The van der Waals surface area contributed by atoms with Crippen LogP contribution in [0.25, 0.3) is 0 Å². The third-order valence-electron chi connectivity index (χ3n) is 3.17. The van der Waals surface area contributed by atoms with Gasteiger partial charge in [-0.1, -0.05) is 12.1 Å². The summed E-state index contributed by atoms with van der Waals surface area (Å²) in [4.78, 5) is 10.8. The molecule has 2 aromatic rings. The van der Waals surface area contributed by atoms with Gasteiger partial charge in [0.05, 0.1) is 4.90 Å². The molecule has 1 aromatic carbocycles. The van der Waals surface area contributed by atoms with E-state index in [0.717, 1.165) is 47.2 Å². The van der Waals surface area contributed by atoms with Crippen molar-refractivity contribution in [2.24, 2.45) is 7.05 Å². The maximum Gasteiger partial charge on any atom is 0.408 e. The van der Waals surface area contributed by atoms with Crippen LogP contribution >= 0.6 is 0 Å². The van der Waals surface area contributed by atoms with Crippen LogP contribution in [0.5, 0.6) is 0 Å². The van der Waals surface area contributed by atoms with Crippen LogP contribution in [0.15, 0.2) is 52.3 Å². The molecule has 0 saturated carbocycles. The number of sulfonamides is 1. The van der Waals surface area contributed by atoms with E-state index >= 15 is 0 Å². The van der Waals surface area contributed by atoms with Crippen LogP contribution in [0.4, 0.5) is 17.6 Å². The highest BCUT2D eigenvalue weighted by Crippen LogP contribution is 2.34. The Bertz CT molecular complexity index is 889. The van der Waals surface area contributed by atoms with Crippen LogP contribution in [0.3, 0.4) is 0 Å². The normalized spacial score (nSPS) is 13.7. The molecule has 1 heterocycles. The fourth-order valence-corrected chi connectivity index (χ4v) is 3.19. The molecule has 1 aromatic heterocycles. The van der Waals surface area contributed by atoms with Gasteiger partial charge in [0.15, 0.2) is 0 Å². The van der Waals surface area contributed by atoms with E-state index in [4.69, 9.17) is 0 Å². The smallest absolute Gasteiger partial charge is 0.317 e. The molecule has 24 heavy (non-hydrogen) atoms. The molecular weight excluding hydrogens is 352 g/mol. The van der Waals surface area contributed by atoms with E-state index in [0.29, 0.717) is 0 Å². The van der Waals surface area contributed by atoms with Crippen molar-refractivity contribution >= 4 is 10.0 Å². The summed E-state index contributed by atoms with van der Waals surface area (Å²) in [6, 6.07) is 2.56. The first-order valence-electron chi connectivity index (χ1n) is 6.52. The molecule has 0 aliphatic rings. The Labute approximate surface area is 134 Å². The number of rotatable bonds is 4. The van der Waals surface area contributed by atoms with Crippen molar-refractivity contribution in [1.82, 2.24) is 9.29 Å². The number of aromatic nitrogens is 1. The van der Waals surface area contributed by atoms with Gasteiger partial charge < -0.3 is 4.57 Å². The number of aryl methyl sites for hydroxylation is 1. The molecule has 5 nitrogen and oxygen atoms in total. The van der Waals surface area contributed by atoms with Crippen LogP contribution in [-0.2, 0) is 17.1 Å². The SMILES string of the molecule is Cn1cc(S(=O)(=O)N[C@@H](c2ccc(F)cc2)C(F)(F)F)ccc1=O.